The van der Waals surface area contributed by atoms with Crippen molar-refractivity contribution in [2.24, 2.45) is 0 Å². The van der Waals surface area contributed by atoms with Crippen LogP contribution in [0, 0.1) is 6.92 Å². The number of nitrogens with two attached hydrogens (primary N) is 1. The lowest BCUT2D eigenvalue weighted by atomic mass is 10.1. The highest BCUT2D eigenvalue weighted by Crippen LogP contribution is 2.32. The highest BCUT2D eigenvalue weighted by molar-refractivity contribution is 5.52. The fraction of sp³-hybridized carbons (Fsp3) is 0.182. The number of anilines is 1. The van der Waals surface area contributed by atoms with E-state index >= 15 is 0 Å². The zero-order valence-electron chi connectivity index (χ0n) is 8.99. The van der Waals surface area contributed by atoms with Crippen molar-refractivity contribution in [1.82, 2.24) is 9.55 Å². The van der Waals surface area contributed by atoms with Gasteiger partial charge in [0.15, 0.2) is 0 Å². The first kappa shape index (κ1) is 11.5. The van der Waals surface area contributed by atoms with E-state index in [1.807, 2.05) is 0 Å². The van der Waals surface area contributed by atoms with Crippen LogP contribution in [0.15, 0.2) is 30.7 Å². The number of nitrogens with zero attached hydrogens (tertiary/aromatic N) is 2. The Kier molecular flexibility index (Phi) is 2.57. The summed E-state index contributed by atoms with van der Waals surface area (Å²) in [4.78, 5) is 3.86. The monoisotopic (exact) mass is 241 g/mol. The van der Waals surface area contributed by atoms with Gasteiger partial charge in [-0.15, -0.1) is 0 Å². The van der Waals surface area contributed by atoms with Gasteiger partial charge >= 0.3 is 6.18 Å². The summed E-state index contributed by atoms with van der Waals surface area (Å²) in [6.07, 6.45) is -1.39. The molecule has 17 heavy (non-hydrogen) atoms. The number of nitrogen functional groups attached to an aromatic ring is 1. The summed E-state index contributed by atoms with van der Waals surface area (Å²) >= 11 is 0. The maximum atomic E-state index is 12.6. The number of aryl methyl sites for hydroxylation is 1. The summed E-state index contributed by atoms with van der Waals surface area (Å²) in [5, 5.41) is 0. The Hall–Kier alpha value is -1.98. The third-order valence-electron chi connectivity index (χ3n) is 2.37. The van der Waals surface area contributed by atoms with Crippen molar-refractivity contribution in [3.05, 3.63) is 42.0 Å². The molecular formula is C11H10F3N3. The number of imidazole rings is 1. The number of alkyl halides is 3. The normalized spacial score (nSPS) is 11.8. The second kappa shape index (κ2) is 3.80. The van der Waals surface area contributed by atoms with Crippen molar-refractivity contribution in [3.8, 4) is 5.69 Å². The third kappa shape index (κ3) is 2.25. The van der Waals surface area contributed by atoms with Crippen molar-refractivity contribution in [1.29, 1.82) is 0 Å². The number of hydrogen-bond donors (Lipinski definition) is 1. The first-order valence-electron chi connectivity index (χ1n) is 4.85. The Bertz CT molecular complexity index is 543. The molecule has 2 rings (SSSR count). The van der Waals surface area contributed by atoms with Crippen LogP contribution in [0.1, 0.15) is 11.3 Å². The fourth-order valence-electron chi connectivity index (χ4n) is 1.57. The number of aromatic nitrogens is 2. The van der Waals surface area contributed by atoms with Crippen LogP contribution in [0.2, 0.25) is 0 Å². The van der Waals surface area contributed by atoms with Crippen LogP contribution in [0.5, 0.6) is 0 Å². The smallest absolute Gasteiger partial charge is 0.399 e. The van der Waals surface area contributed by atoms with Gasteiger partial charge in [0.05, 0.1) is 11.9 Å². The number of benzene rings is 1. The predicted octanol–water partition coefficient (Wildman–Crippen LogP) is 2.78. The van der Waals surface area contributed by atoms with Crippen LogP contribution in [0.3, 0.4) is 0 Å². The minimum Gasteiger partial charge on any atom is -0.399 e. The van der Waals surface area contributed by atoms with E-state index in [4.69, 9.17) is 5.73 Å². The molecule has 6 heteroatoms. The summed E-state index contributed by atoms with van der Waals surface area (Å²) in [5.41, 5.74) is 5.88. The molecule has 2 aromatic rings. The van der Waals surface area contributed by atoms with Crippen LogP contribution in [0.25, 0.3) is 5.69 Å². The minimum absolute atomic E-state index is 0.0722. The summed E-state index contributed by atoms with van der Waals surface area (Å²) < 4.78 is 39.4. The van der Waals surface area contributed by atoms with Crippen molar-refractivity contribution in [2.75, 3.05) is 5.73 Å². The van der Waals surface area contributed by atoms with E-state index in [-0.39, 0.29) is 5.69 Å². The van der Waals surface area contributed by atoms with Gasteiger partial charge in [-0.25, -0.2) is 4.98 Å². The second-order valence-corrected chi connectivity index (χ2v) is 3.72. The van der Waals surface area contributed by atoms with Gasteiger partial charge in [0, 0.05) is 23.3 Å². The van der Waals surface area contributed by atoms with Crippen molar-refractivity contribution in [3.63, 3.8) is 0 Å². The standard InChI is InChI=1S/C11H10F3N3/c1-7-5-16-6-17(7)10-3-8(11(12,13)14)2-9(15)4-10/h2-6H,15H2,1H3. The van der Waals surface area contributed by atoms with Crippen LogP contribution < -0.4 is 5.73 Å². The van der Waals surface area contributed by atoms with E-state index < -0.39 is 11.7 Å². The Balaban J connectivity index is 2.57. The van der Waals surface area contributed by atoms with E-state index in [0.717, 1.165) is 17.8 Å². The van der Waals surface area contributed by atoms with Gasteiger partial charge in [0.25, 0.3) is 0 Å². The molecule has 0 spiro atoms. The molecule has 0 bridgehead atoms. The van der Waals surface area contributed by atoms with E-state index in [1.165, 1.54) is 12.4 Å². The van der Waals surface area contributed by atoms with Crippen molar-refractivity contribution >= 4 is 5.69 Å². The van der Waals surface area contributed by atoms with Gasteiger partial charge in [0.2, 0.25) is 0 Å². The molecule has 90 valence electrons. The molecule has 1 aromatic carbocycles. The Morgan fingerprint density at radius 3 is 2.47 bits per heavy atom. The van der Waals surface area contributed by atoms with E-state index in [0.29, 0.717) is 5.69 Å². The molecule has 0 saturated carbocycles. The molecule has 1 aromatic heterocycles. The number of rotatable bonds is 1. The fourth-order valence-corrected chi connectivity index (χ4v) is 1.57. The van der Waals surface area contributed by atoms with Gasteiger partial charge < -0.3 is 10.3 Å². The molecular weight excluding hydrogens is 231 g/mol. The molecule has 0 fully saturated rings. The lowest BCUT2D eigenvalue weighted by Crippen LogP contribution is -2.07. The van der Waals surface area contributed by atoms with Crippen molar-refractivity contribution in [2.45, 2.75) is 13.1 Å². The number of hydrogen-bond acceptors (Lipinski definition) is 2. The molecule has 0 radical (unpaired) electrons. The maximum absolute atomic E-state index is 12.6. The Labute approximate surface area is 95.7 Å². The molecule has 0 unspecified atom stereocenters. The molecule has 0 aliphatic rings. The molecule has 0 atom stereocenters. The summed E-state index contributed by atoms with van der Waals surface area (Å²) in [6, 6.07) is 3.44. The zero-order valence-corrected chi connectivity index (χ0v) is 8.99. The summed E-state index contributed by atoms with van der Waals surface area (Å²) in [6.45, 7) is 1.75. The third-order valence-corrected chi connectivity index (χ3v) is 2.37. The van der Waals surface area contributed by atoms with Gasteiger partial charge in [-0.05, 0) is 25.1 Å². The molecule has 0 aliphatic carbocycles. The predicted molar refractivity (Wildman–Crippen MR) is 57.7 cm³/mol. The average molecular weight is 241 g/mol. The number of halogens is 3. The second-order valence-electron chi connectivity index (χ2n) is 3.72. The largest absolute Gasteiger partial charge is 0.416 e. The molecule has 0 amide bonds. The van der Waals surface area contributed by atoms with Crippen LogP contribution in [-0.4, -0.2) is 9.55 Å². The highest BCUT2D eigenvalue weighted by Gasteiger charge is 2.31. The lowest BCUT2D eigenvalue weighted by Gasteiger charge is -2.11. The van der Waals surface area contributed by atoms with E-state index in [2.05, 4.69) is 4.98 Å². The SMILES string of the molecule is Cc1cncn1-c1cc(N)cc(C(F)(F)F)c1. The maximum Gasteiger partial charge on any atom is 0.416 e. The highest BCUT2D eigenvalue weighted by atomic mass is 19.4. The molecule has 0 aliphatic heterocycles. The van der Waals surface area contributed by atoms with Crippen LogP contribution >= 0.6 is 0 Å². The average Bonchev–Trinajstić information content (AvgIpc) is 2.62. The lowest BCUT2D eigenvalue weighted by molar-refractivity contribution is -0.137. The summed E-state index contributed by atoms with van der Waals surface area (Å²) in [5.74, 6) is 0. The van der Waals surface area contributed by atoms with Gasteiger partial charge in [-0.2, -0.15) is 13.2 Å². The van der Waals surface area contributed by atoms with Crippen molar-refractivity contribution < 1.29 is 13.2 Å². The quantitative estimate of drug-likeness (QED) is 0.780. The van der Waals surface area contributed by atoms with Gasteiger partial charge in [0.1, 0.15) is 0 Å². The molecule has 1 heterocycles. The molecule has 0 saturated heterocycles. The Morgan fingerprint density at radius 2 is 1.94 bits per heavy atom. The van der Waals surface area contributed by atoms with Gasteiger partial charge in [-0.3, -0.25) is 0 Å². The first-order chi connectivity index (χ1) is 7.88. The van der Waals surface area contributed by atoms with E-state index in [1.54, 1.807) is 17.7 Å². The molecule has 3 nitrogen and oxygen atoms in total. The van der Waals surface area contributed by atoms with E-state index in [9.17, 15) is 13.2 Å². The Morgan fingerprint density at radius 1 is 1.24 bits per heavy atom. The minimum atomic E-state index is -4.40. The summed E-state index contributed by atoms with van der Waals surface area (Å²) in [7, 11) is 0. The zero-order chi connectivity index (χ0) is 12.6. The van der Waals surface area contributed by atoms with Crippen LogP contribution in [-0.2, 0) is 6.18 Å². The molecule has 2 N–H and O–H groups in total. The van der Waals surface area contributed by atoms with Gasteiger partial charge in [-0.1, -0.05) is 0 Å². The topological polar surface area (TPSA) is 43.8 Å². The first-order valence-corrected chi connectivity index (χ1v) is 4.85. The van der Waals surface area contributed by atoms with Crippen LogP contribution in [0.4, 0.5) is 18.9 Å².